The van der Waals surface area contributed by atoms with Gasteiger partial charge < -0.3 is 4.55 Å². The summed E-state index contributed by atoms with van der Waals surface area (Å²) in [5, 5.41) is 0. The van der Waals surface area contributed by atoms with Gasteiger partial charge in [-0.25, -0.2) is 0 Å². The van der Waals surface area contributed by atoms with Crippen molar-refractivity contribution < 1.29 is 4.55 Å². The van der Waals surface area contributed by atoms with Crippen molar-refractivity contribution in [2.75, 3.05) is 7.05 Å². The van der Waals surface area contributed by atoms with Crippen molar-refractivity contribution in [3.8, 4) is 0 Å². The highest BCUT2D eigenvalue weighted by atomic mass is 32.2. The second-order valence-corrected chi connectivity index (χ2v) is 3.01. The van der Waals surface area contributed by atoms with E-state index in [2.05, 4.69) is 4.40 Å². The van der Waals surface area contributed by atoms with Gasteiger partial charge >= 0.3 is 0 Å². The lowest BCUT2D eigenvalue weighted by Crippen LogP contribution is -2.25. The van der Waals surface area contributed by atoms with E-state index in [1.54, 1.807) is 17.6 Å². The van der Waals surface area contributed by atoms with E-state index in [1.807, 2.05) is 13.0 Å². The third-order valence-electron chi connectivity index (χ3n) is 1.20. The highest BCUT2D eigenvalue weighted by Crippen LogP contribution is 2.11. The van der Waals surface area contributed by atoms with Gasteiger partial charge in [0.15, 0.2) is 0 Å². The first-order chi connectivity index (χ1) is 4.22. The Morgan fingerprint density at radius 3 is 2.89 bits per heavy atom. The van der Waals surface area contributed by atoms with Gasteiger partial charge in [0.05, 0.1) is 19.0 Å². The SMILES string of the molecule is CC1=CC=N[S+]([O-])N1C. The molecule has 3 nitrogen and oxygen atoms in total. The number of allylic oxidation sites excluding steroid dienone is 2. The Balaban J connectivity index is 2.73. The first-order valence-electron chi connectivity index (χ1n) is 2.58. The Hall–Kier alpha value is -0.480. The minimum Gasteiger partial charge on any atom is -0.566 e. The van der Waals surface area contributed by atoms with Crippen molar-refractivity contribution >= 4 is 17.8 Å². The van der Waals surface area contributed by atoms with Gasteiger partial charge in [0, 0.05) is 0 Å². The quantitative estimate of drug-likeness (QED) is 0.464. The molecule has 0 aromatic carbocycles. The van der Waals surface area contributed by atoms with Gasteiger partial charge in [-0.05, 0) is 17.4 Å². The van der Waals surface area contributed by atoms with E-state index in [-0.39, 0.29) is 0 Å². The third kappa shape index (κ3) is 1.25. The lowest BCUT2D eigenvalue weighted by atomic mass is 10.4. The summed E-state index contributed by atoms with van der Waals surface area (Å²) in [6, 6.07) is 0. The molecule has 1 atom stereocenters. The molecule has 1 rings (SSSR count). The fraction of sp³-hybridized carbons (Fsp3) is 0.400. The summed E-state index contributed by atoms with van der Waals surface area (Å²) in [7, 11) is 1.75. The van der Waals surface area contributed by atoms with Gasteiger partial charge in [0.1, 0.15) is 0 Å². The van der Waals surface area contributed by atoms with Gasteiger partial charge in [-0.1, -0.05) is 0 Å². The summed E-state index contributed by atoms with van der Waals surface area (Å²) in [4.78, 5) is 0. The Bertz CT molecular complexity index is 166. The molecular formula is C5H8N2OS. The molecule has 0 fully saturated rings. The molecule has 1 heterocycles. The molecule has 0 bridgehead atoms. The molecule has 0 aliphatic carbocycles. The molecule has 0 radical (unpaired) electrons. The molecule has 0 saturated carbocycles. The highest BCUT2D eigenvalue weighted by Gasteiger charge is 2.15. The van der Waals surface area contributed by atoms with Crippen molar-refractivity contribution in [2.24, 2.45) is 4.40 Å². The van der Waals surface area contributed by atoms with Crippen molar-refractivity contribution in [1.29, 1.82) is 0 Å². The Morgan fingerprint density at radius 1 is 1.78 bits per heavy atom. The van der Waals surface area contributed by atoms with Crippen LogP contribution in [0.2, 0.25) is 0 Å². The summed E-state index contributed by atoms with van der Waals surface area (Å²) < 4.78 is 16.1. The zero-order chi connectivity index (χ0) is 6.85. The molecular weight excluding hydrogens is 136 g/mol. The maximum atomic E-state index is 10.8. The first kappa shape index (κ1) is 6.64. The molecule has 1 aliphatic rings. The zero-order valence-corrected chi connectivity index (χ0v) is 6.18. The minimum atomic E-state index is -1.18. The molecule has 0 saturated heterocycles. The molecule has 0 N–H and O–H groups in total. The van der Waals surface area contributed by atoms with Crippen molar-refractivity contribution in [1.82, 2.24) is 4.31 Å². The summed E-state index contributed by atoms with van der Waals surface area (Å²) in [6.07, 6.45) is 3.38. The molecule has 0 aromatic rings. The van der Waals surface area contributed by atoms with E-state index in [0.717, 1.165) is 5.70 Å². The van der Waals surface area contributed by atoms with Crippen molar-refractivity contribution in [3.05, 3.63) is 11.8 Å². The maximum Gasteiger partial charge on any atom is 0.221 e. The van der Waals surface area contributed by atoms with Gasteiger partial charge in [-0.2, -0.15) is 4.31 Å². The molecule has 4 heteroatoms. The van der Waals surface area contributed by atoms with E-state index in [1.165, 1.54) is 0 Å². The van der Waals surface area contributed by atoms with Crippen LogP contribution in [0.4, 0.5) is 0 Å². The number of rotatable bonds is 0. The van der Waals surface area contributed by atoms with Crippen molar-refractivity contribution in [2.45, 2.75) is 6.92 Å². The summed E-state index contributed by atoms with van der Waals surface area (Å²) in [6.45, 7) is 1.89. The molecule has 0 aromatic heterocycles. The number of nitrogens with zero attached hydrogens (tertiary/aromatic N) is 2. The second kappa shape index (κ2) is 2.41. The van der Waals surface area contributed by atoms with E-state index < -0.39 is 11.5 Å². The van der Waals surface area contributed by atoms with Crippen LogP contribution in [0.25, 0.3) is 0 Å². The average molecular weight is 144 g/mol. The van der Waals surface area contributed by atoms with Gasteiger partial charge in [0.25, 0.3) is 0 Å². The van der Waals surface area contributed by atoms with Crippen LogP contribution in [-0.2, 0) is 11.5 Å². The normalized spacial score (nSPS) is 26.3. The fourth-order valence-electron chi connectivity index (χ4n) is 0.489. The molecule has 0 spiro atoms. The largest absolute Gasteiger partial charge is 0.566 e. The molecule has 9 heavy (non-hydrogen) atoms. The summed E-state index contributed by atoms with van der Waals surface area (Å²) >= 11 is -1.18. The second-order valence-electron chi connectivity index (χ2n) is 1.79. The van der Waals surface area contributed by atoms with Crippen LogP contribution in [0.1, 0.15) is 6.92 Å². The van der Waals surface area contributed by atoms with Crippen LogP contribution < -0.4 is 0 Å². The fourth-order valence-corrected chi connectivity index (χ4v) is 1.10. The van der Waals surface area contributed by atoms with Crippen LogP contribution in [0.15, 0.2) is 16.2 Å². The van der Waals surface area contributed by atoms with Gasteiger partial charge in [-0.15, -0.1) is 0 Å². The van der Waals surface area contributed by atoms with Crippen LogP contribution in [-0.4, -0.2) is 22.1 Å². The number of hydrogen-bond donors (Lipinski definition) is 0. The monoisotopic (exact) mass is 144 g/mol. The average Bonchev–Trinajstić information content (AvgIpc) is 1.83. The highest BCUT2D eigenvalue weighted by molar-refractivity contribution is 7.88. The van der Waals surface area contributed by atoms with Gasteiger partial charge in [-0.3, -0.25) is 0 Å². The topological polar surface area (TPSA) is 38.7 Å². The standard InChI is InChI=1S/C5H8N2OS/c1-5-3-4-6-9(8)7(5)2/h3-4H,1-2H3. The third-order valence-corrected chi connectivity index (χ3v) is 2.26. The van der Waals surface area contributed by atoms with E-state index in [9.17, 15) is 4.55 Å². The van der Waals surface area contributed by atoms with Gasteiger partial charge in [0.2, 0.25) is 11.5 Å². The van der Waals surface area contributed by atoms with E-state index in [0.29, 0.717) is 0 Å². The Labute approximate surface area is 57.5 Å². The predicted molar refractivity (Wildman–Crippen MR) is 38.2 cm³/mol. The smallest absolute Gasteiger partial charge is 0.221 e. The van der Waals surface area contributed by atoms with Crippen LogP contribution in [0.3, 0.4) is 0 Å². The van der Waals surface area contributed by atoms with Crippen LogP contribution in [0, 0.1) is 0 Å². The van der Waals surface area contributed by atoms with E-state index >= 15 is 0 Å². The first-order valence-corrected chi connectivity index (χ1v) is 3.65. The van der Waals surface area contributed by atoms with Crippen LogP contribution >= 0.6 is 0 Å². The number of hydrogen-bond acceptors (Lipinski definition) is 3. The van der Waals surface area contributed by atoms with Crippen molar-refractivity contribution in [3.63, 3.8) is 0 Å². The molecule has 50 valence electrons. The lowest BCUT2D eigenvalue weighted by molar-refractivity contribution is 0.524. The minimum absolute atomic E-state index is 0.975. The molecule has 1 unspecified atom stereocenters. The Morgan fingerprint density at radius 2 is 2.44 bits per heavy atom. The predicted octanol–water partition coefficient (Wildman–Crippen LogP) is 0.485. The molecule has 0 amide bonds. The Kier molecular flexibility index (Phi) is 1.78. The lowest BCUT2D eigenvalue weighted by Gasteiger charge is -2.18. The van der Waals surface area contributed by atoms with E-state index in [4.69, 9.17) is 0 Å². The molecule has 1 aliphatic heterocycles. The maximum absolute atomic E-state index is 10.8. The summed E-state index contributed by atoms with van der Waals surface area (Å²) in [5.41, 5.74) is 0.975. The summed E-state index contributed by atoms with van der Waals surface area (Å²) in [5.74, 6) is 0. The van der Waals surface area contributed by atoms with Crippen LogP contribution in [0.5, 0.6) is 0 Å². The zero-order valence-electron chi connectivity index (χ0n) is 5.37.